The Labute approximate surface area is 158 Å². The van der Waals surface area contributed by atoms with Crippen LogP contribution in [0.1, 0.15) is 11.3 Å². The number of anilines is 1. The molecule has 1 aliphatic rings. The molecule has 1 N–H and O–H groups in total. The number of amides is 1. The Morgan fingerprint density at radius 3 is 2.36 bits per heavy atom. The maximum absolute atomic E-state index is 12.2. The van der Waals surface area contributed by atoms with Crippen molar-refractivity contribution in [1.82, 2.24) is 0 Å². The van der Waals surface area contributed by atoms with Crippen molar-refractivity contribution in [3.8, 4) is 11.3 Å². The molecule has 1 amide bonds. The summed E-state index contributed by atoms with van der Waals surface area (Å²) in [6.45, 7) is 0. The van der Waals surface area contributed by atoms with Crippen molar-refractivity contribution < 1.29 is 9.21 Å². The average Bonchev–Trinajstić information content (AvgIpc) is 3.12. The summed E-state index contributed by atoms with van der Waals surface area (Å²) in [7, 11) is 0. The number of hydrogen-bond donors (Lipinski definition) is 1. The lowest BCUT2D eigenvalue weighted by Gasteiger charge is -2.01. The van der Waals surface area contributed by atoms with Crippen LogP contribution in [-0.4, -0.2) is 5.91 Å². The SMILES string of the molecule is O=C1Nc2cc(Cl)ccc2/C1=C\c1ccc(-c2ccc(Cl)cc2Cl)o1. The smallest absolute Gasteiger partial charge is 0.256 e. The largest absolute Gasteiger partial charge is 0.457 e. The molecular formula is C19H10Cl3NO2. The fourth-order valence-corrected chi connectivity index (χ4v) is 3.39. The second-order valence-corrected chi connectivity index (χ2v) is 6.81. The van der Waals surface area contributed by atoms with Crippen LogP contribution >= 0.6 is 34.8 Å². The Morgan fingerprint density at radius 2 is 1.60 bits per heavy atom. The van der Waals surface area contributed by atoms with E-state index in [0.29, 0.717) is 37.8 Å². The lowest BCUT2D eigenvalue weighted by molar-refractivity contribution is -0.110. The van der Waals surface area contributed by atoms with E-state index >= 15 is 0 Å². The molecule has 2 heterocycles. The van der Waals surface area contributed by atoms with E-state index in [2.05, 4.69) is 5.32 Å². The fourth-order valence-electron chi connectivity index (χ4n) is 2.72. The van der Waals surface area contributed by atoms with E-state index < -0.39 is 0 Å². The molecule has 6 heteroatoms. The summed E-state index contributed by atoms with van der Waals surface area (Å²) in [5, 5.41) is 4.42. The molecule has 0 radical (unpaired) electrons. The zero-order chi connectivity index (χ0) is 17.6. The Kier molecular flexibility index (Phi) is 4.08. The van der Waals surface area contributed by atoms with Crippen molar-refractivity contribution in [3.63, 3.8) is 0 Å². The normalized spacial score (nSPS) is 14.7. The summed E-state index contributed by atoms with van der Waals surface area (Å²) in [6, 6.07) is 14.1. The number of rotatable bonds is 2. The van der Waals surface area contributed by atoms with Gasteiger partial charge in [-0.25, -0.2) is 0 Å². The van der Waals surface area contributed by atoms with E-state index in [0.717, 1.165) is 11.1 Å². The number of carbonyl (C=O) groups is 1. The zero-order valence-corrected chi connectivity index (χ0v) is 14.9. The Morgan fingerprint density at radius 1 is 0.880 bits per heavy atom. The summed E-state index contributed by atoms with van der Waals surface area (Å²) in [4.78, 5) is 12.2. The minimum absolute atomic E-state index is 0.195. The molecule has 0 unspecified atom stereocenters. The average molecular weight is 391 g/mol. The van der Waals surface area contributed by atoms with Crippen LogP contribution in [0.15, 0.2) is 52.9 Å². The van der Waals surface area contributed by atoms with Crippen LogP contribution in [0.4, 0.5) is 5.69 Å². The Hall–Kier alpha value is -2.20. The Balaban J connectivity index is 1.72. The van der Waals surface area contributed by atoms with Gasteiger partial charge in [0.05, 0.1) is 16.3 Å². The van der Waals surface area contributed by atoms with Gasteiger partial charge in [-0.1, -0.05) is 40.9 Å². The van der Waals surface area contributed by atoms with Gasteiger partial charge in [-0.05, 0) is 48.5 Å². The maximum Gasteiger partial charge on any atom is 0.256 e. The molecule has 25 heavy (non-hydrogen) atoms. The van der Waals surface area contributed by atoms with Gasteiger partial charge in [0, 0.05) is 21.2 Å². The summed E-state index contributed by atoms with van der Waals surface area (Å²) >= 11 is 18.1. The van der Waals surface area contributed by atoms with E-state index in [-0.39, 0.29) is 5.91 Å². The van der Waals surface area contributed by atoms with Gasteiger partial charge in [0.1, 0.15) is 11.5 Å². The number of hydrogen-bond acceptors (Lipinski definition) is 2. The van der Waals surface area contributed by atoms with Gasteiger partial charge >= 0.3 is 0 Å². The number of benzene rings is 2. The molecule has 0 atom stereocenters. The molecular weight excluding hydrogens is 381 g/mol. The molecule has 3 nitrogen and oxygen atoms in total. The van der Waals surface area contributed by atoms with Crippen LogP contribution < -0.4 is 5.32 Å². The van der Waals surface area contributed by atoms with E-state index in [1.165, 1.54) is 0 Å². The summed E-state index contributed by atoms with van der Waals surface area (Å²) in [5.41, 5.74) is 2.74. The molecule has 4 rings (SSSR count). The topological polar surface area (TPSA) is 42.2 Å². The predicted octanol–water partition coefficient (Wildman–Crippen LogP) is 6.40. The third-order valence-electron chi connectivity index (χ3n) is 3.87. The number of fused-ring (bicyclic) bond motifs is 1. The first-order valence-corrected chi connectivity index (χ1v) is 8.53. The highest BCUT2D eigenvalue weighted by Crippen LogP contribution is 2.36. The van der Waals surface area contributed by atoms with Crippen molar-refractivity contribution in [1.29, 1.82) is 0 Å². The number of carbonyl (C=O) groups excluding carboxylic acids is 1. The summed E-state index contributed by atoms with van der Waals surface area (Å²) in [5.74, 6) is 0.956. The Bertz CT molecular complexity index is 1040. The third kappa shape index (κ3) is 3.07. The van der Waals surface area contributed by atoms with Crippen molar-refractivity contribution >= 4 is 58.0 Å². The van der Waals surface area contributed by atoms with Crippen molar-refractivity contribution in [2.75, 3.05) is 5.32 Å². The monoisotopic (exact) mass is 389 g/mol. The molecule has 0 saturated carbocycles. The van der Waals surface area contributed by atoms with Gasteiger partial charge in [-0.15, -0.1) is 0 Å². The highest BCUT2D eigenvalue weighted by molar-refractivity contribution is 6.37. The van der Waals surface area contributed by atoms with Crippen molar-refractivity contribution in [3.05, 3.63) is 74.9 Å². The van der Waals surface area contributed by atoms with E-state index in [1.54, 1.807) is 54.6 Å². The standard InChI is InChI=1S/C19H10Cl3NO2/c20-10-2-5-14(16(22)7-10)18-6-3-12(25-18)9-15-13-4-1-11(21)8-17(13)23-19(15)24/h1-9H,(H,23,24)/b15-9+. The van der Waals surface area contributed by atoms with Gasteiger partial charge in [0.15, 0.2) is 0 Å². The molecule has 0 fully saturated rings. The molecule has 2 aromatic carbocycles. The second kappa shape index (κ2) is 6.26. The van der Waals surface area contributed by atoms with Crippen LogP contribution in [-0.2, 0) is 4.79 Å². The zero-order valence-electron chi connectivity index (χ0n) is 12.6. The van der Waals surface area contributed by atoms with Crippen molar-refractivity contribution in [2.45, 2.75) is 0 Å². The lowest BCUT2D eigenvalue weighted by atomic mass is 10.1. The second-order valence-electron chi connectivity index (χ2n) is 5.53. The highest BCUT2D eigenvalue weighted by Gasteiger charge is 2.24. The lowest BCUT2D eigenvalue weighted by Crippen LogP contribution is -2.03. The third-order valence-corrected chi connectivity index (χ3v) is 4.66. The first kappa shape index (κ1) is 16.3. The van der Waals surface area contributed by atoms with Crippen LogP contribution in [0.5, 0.6) is 0 Å². The molecule has 1 aromatic heterocycles. The van der Waals surface area contributed by atoms with Crippen LogP contribution in [0.2, 0.25) is 15.1 Å². The minimum atomic E-state index is -0.195. The first-order valence-electron chi connectivity index (χ1n) is 7.39. The van der Waals surface area contributed by atoms with Gasteiger partial charge in [-0.2, -0.15) is 0 Å². The van der Waals surface area contributed by atoms with E-state index in [4.69, 9.17) is 39.2 Å². The van der Waals surface area contributed by atoms with E-state index in [1.807, 2.05) is 0 Å². The van der Waals surface area contributed by atoms with Crippen molar-refractivity contribution in [2.24, 2.45) is 0 Å². The maximum atomic E-state index is 12.2. The number of halogens is 3. The first-order chi connectivity index (χ1) is 12.0. The number of furan rings is 1. The molecule has 3 aromatic rings. The molecule has 124 valence electrons. The van der Waals surface area contributed by atoms with E-state index in [9.17, 15) is 4.79 Å². The van der Waals surface area contributed by atoms with Gasteiger partial charge in [0.2, 0.25) is 0 Å². The molecule has 0 aliphatic carbocycles. The number of nitrogens with one attached hydrogen (secondary N) is 1. The highest BCUT2D eigenvalue weighted by atomic mass is 35.5. The quantitative estimate of drug-likeness (QED) is 0.514. The van der Waals surface area contributed by atoms with Gasteiger partial charge in [0.25, 0.3) is 5.91 Å². The molecule has 0 saturated heterocycles. The fraction of sp³-hybridized carbons (Fsp3) is 0. The van der Waals surface area contributed by atoms with Gasteiger partial charge < -0.3 is 9.73 Å². The van der Waals surface area contributed by atoms with Crippen LogP contribution in [0.3, 0.4) is 0 Å². The summed E-state index contributed by atoms with van der Waals surface area (Å²) in [6.07, 6.45) is 1.70. The minimum Gasteiger partial charge on any atom is -0.457 e. The summed E-state index contributed by atoms with van der Waals surface area (Å²) < 4.78 is 5.83. The van der Waals surface area contributed by atoms with Crippen LogP contribution in [0, 0.1) is 0 Å². The predicted molar refractivity (Wildman–Crippen MR) is 102 cm³/mol. The molecule has 0 spiro atoms. The molecule has 1 aliphatic heterocycles. The molecule has 0 bridgehead atoms. The van der Waals surface area contributed by atoms with Gasteiger partial charge in [-0.3, -0.25) is 4.79 Å². The van der Waals surface area contributed by atoms with Crippen LogP contribution in [0.25, 0.3) is 23.0 Å².